The lowest BCUT2D eigenvalue weighted by Gasteiger charge is -2.18. The van der Waals surface area contributed by atoms with Gasteiger partial charge in [0, 0.05) is 43.4 Å². The number of aromatic nitrogens is 1. The van der Waals surface area contributed by atoms with Gasteiger partial charge in [-0.3, -0.25) is 9.79 Å². The van der Waals surface area contributed by atoms with Crippen LogP contribution in [0.2, 0.25) is 0 Å². The summed E-state index contributed by atoms with van der Waals surface area (Å²) in [6, 6.07) is 0. The Morgan fingerprint density at radius 3 is 2.38 bits per heavy atom. The fraction of sp³-hybridized carbons (Fsp3) is 0.688. The predicted octanol–water partition coefficient (Wildman–Crippen LogP) is 2.42. The van der Waals surface area contributed by atoms with Crippen LogP contribution in [-0.2, 0) is 17.4 Å². The first kappa shape index (κ1) is 22.2. The second-order valence-electron chi connectivity index (χ2n) is 6.57. The number of aliphatic imine (C=N–C) groups is 1. The van der Waals surface area contributed by atoms with Crippen molar-refractivity contribution in [2.24, 2.45) is 10.4 Å². The number of nitrogens with one attached hydrogen (secondary N) is 3. The van der Waals surface area contributed by atoms with Crippen molar-refractivity contribution in [3.63, 3.8) is 0 Å². The zero-order chi connectivity index (χ0) is 19.8. The number of thiazole rings is 1. The van der Waals surface area contributed by atoms with E-state index in [9.17, 15) is 18.0 Å². The summed E-state index contributed by atoms with van der Waals surface area (Å²) in [6.07, 6.45) is -4.08. The van der Waals surface area contributed by atoms with Crippen molar-refractivity contribution in [3.8, 4) is 0 Å². The monoisotopic (exact) mass is 393 g/mol. The lowest BCUT2D eigenvalue weighted by Crippen LogP contribution is -2.43. The van der Waals surface area contributed by atoms with Crippen molar-refractivity contribution in [3.05, 3.63) is 16.1 Å². The SMILES string of the molecule is CCNC(=NCCc1nc(C(F)(F)F)cs1)NCCNC(=O)C(C)(C)C. The molecule has 0 bridgehead atoms. The maximum atomic E-state index is 12.5. The first-order valence-electron chi connectivity index (χ1n) is 8.36. The van der Waals surface area contributed by atoms with E-state index in [0.29, 0.717) is 43.6 Å². The van der Waals surface area contributed by atoms with E-state index >= 15 is 0 Å². The third-order valence-electron chi connectivity index (χ3n) is 3.17. The van der Waals surface area contributed by atoms with Gasteiger partial charge in [0.2, 0.25) is 5.91 Å². The molecule has 26 heavy (non-hydrogen) atoms. The average molecular weight is 393 g/mol. The molecule has 3 N–H and O–H groups in total. The first-order chi connectivity index (χ1) is 12.0. The molecule has 1 heterocycles. The van der Waals surface area contributed by atoms with E-state index in [1.54, 1.807) is 0 Å². The van der Waals surface area contributed by atoms with Crippen LogP contribution in [0.1, 0.15) is 38.4 Å². The van der Waals surface area contributed by atoms with E-state index in [4.69, 9.17) is 0 Å². The highest BCUT2D eigenvalue weighted by Gasteiger charge is 2.33. The molecule has 0 spiro atoms. The third-order valence-corrected chi connectivity index (χ3v) is 4.07. The second kappa shape index (κ2) is 9.75. The van der Waals surface area contributed by atoms with Crippen LogP contribution >= 0.6 is 11.3 Å². The Morgan fingerprint density at radius 1 is 1.19 bits per heavy atom. The Balaban J connectivity index is 2.43. The molecule has 1 aromatic heterocycles. The summed E-state index contributed by atoms with van der Waals surface area (Å²) in [6.45, 7) is 9.32. The van der Waals surface area contributed by atoms with Gasteiger partial charge in [-0.05, 0) is 6.92 Å². The highest BCUT2D eigenvalue weighted by atomic mass is 32.1. The number of hydrogen-bond acceptors (Lipinski definition) is 4. The molecule has 6 nitrogen and oxygen atoms in total. The van der Waals surface area contributed by atoms with E-state index in [1.165, 1.54) is 0 Å². The van der Waals surface area contributed by atoms with Crippen LogP contribution in [0.15, 0.2) is 10.4 Å². The summed E-state index contributed by atoms with van der Waals surface area (Å²) in [5.41, 5.74) is -1.30. The van der Waals surface area contributed by atoms with Crippen molar-refractivity contribution >= 4 is 23.2 Å². The molecule has 0 saturated carbocycles. The zero-order valence-electron chi connectivity index (χ0n) is 15.5. The van der Waals surface area contributed by atoms with Crippen molar-refractivity contribution < 1.29 is 18.0 Å². The molecule has 1 amide bonds. The molecule has 0 radical (unpaired) electrons. The van der Waals surface area contributed by atoms with Gasteiger partial charge in [0.1, 0.15) is 0 Å². The number of amides is 1. The lowest BCUT2D eigenvalue weighted by atomic mass is 9.96. The number of carbonyl (C=O) groups is 1. The first-order valence-corrected chi connectivity index (χ1v) is 9.24. The maximum Gasteiger partial charge on any atom is 0.434 e. The molecule has 0 aliphatic heterocycles. The van der Waals surface area contributed by atoms with E-state index in [2.05, 4.69) is 25.9 Å². The summed E-state index contributed by atoms with van der Waals surface area (Å²) in [7, 11) is 0. The van der Waals surface area contributed by atoms with Crippen LogP contribution < -0.4 is 16.0 Å². The molecular formula is C16H26F3N5OS. The molecule has 0 aliphatic rings. The number of halogens is 3. The van der Waals surface area contributed by atoms with Crippen molar-refractivity contribution in [1.82, 2.24) is 20.9 Å². The fourth-order valence-corrected chi connectivity index (χ4v) is 2.58. The minimum Gasteiger partial charge on any atom is -0.357 e. The second-order valence-corrected chi connectivity index (χ2v) is 7.51. The third kappa shape index (κ3) is 8.03. The van der Waals surface area contributed by atoms with Gasteiger partial charge in [0.05, 0.1) is 5.01 Å². The zero-order valence-corrected chi connectivity index (χ0v) is 16.3. The van der Waals surface area contributed by atoms with E-state index in [1.807, 2.05) is 27.7 Å². The van der Waals surface area contributed by atoms with Crippen LogP contribution in [0, 0.1) is 5.41 Å². The lowest BCUT2D eigenvalue weighted by molar-refractivity contribution is -0.140. The number of nitrogens with zero attached hydrogens (tertiary/aromatic N) is 2. The molecule has 0 aliphatic carbocycles. The molecule has 1 aromatic rings. The minimum absolute atomic E-state index is 0.0366. The molecule has 0 atom stereocenters. The predicted molar refractivity (Wildman–Crippen MR) is 97.3 cm³/mol. The molecule has 148 valence electrons. The largest absolute Gasteiger partial charge is 0.434 e. The molecule has 1 rings (SSSR count). The molecule has 10 heteroatoms. The topological polar surface area (TPSA) is 78.4 Å². The van der Waals surface area contributed by atoms with Gasteiger partial charge in [-0.2, -0.15) is 13.2 Å². The Kier molecular flexibility index (Phi) is 8.32. The molecule has 0 aromatic carbocycles. The molecule has 0 fully saturated rings. The van der Waals surface area contributed by atoms with Gasteiger partial charge in [-0.1, -0.05) is 20.8 Å². The van der Waals surface area contributed by atoms with Crippen LogP contribution in [-0.4, -0.2) is 43.0 Å². The van der Waals surface area contributed by atoms with Crippen LogP contribution in [0.5, 0.6) is 0 Å². The van der Waals surface area contributed by atoms with Gasteiger partial charge in [0.15, 0.2) is 11.7 Å². The number of alkyl halides is 3. The van der Waals surface area contributed by atoms with Gasteiger partial charge < -0.3 is 16.0 Å². The Bertz CT molecular complexity index is 608. The highest BCUT2D eigenvalue weighted by Crippen LogP contribution is 2.30. The number of hydrogen-bond donors (Lipinski definition) is 3. The maximum absolute atomic E-state index is 12.5. The smallest absolute Gasteiger partial charge is 0.357 e. The van der Waals surface area contributed by atoms with Gasteiger partial charge in [-0.15, -0.1) is 11.3 Å². The Morgan fingerprint density at radius 2 is 1.85 bits per heavy atom. The number of carbonyl (C=O) groups excluding carboxylic acids is 1. The van der Waals surface area contributed by atoms with Crippen molar-refractivity contribution in [2.45, 2.75) is 40.3 Å². The summed E-state index contributed by atoms with van der Waals surface area (Å²) >= 11 is 0.980. The van der Waals surface area contributed by atoms with Gasteiger partial charge in [0.25, 0.3) is 0 Å². The fourth-order valence-electron chi connectivity index (χ4n) is 1.78. The number of guanidine groups is 1. The van der Waals surface area contributed by atoms with E-state index in [-0.39, 0.29) is 5.91 Å². The van der Waals surface area contributed by atoms with E-state index < -0.39 is 17.3 Å². The van der Waals surface area contributed by atoms with Crippen molar-refractivity contribution in [1.29, 1.82) is 0 Å². The molecule has 0 saturated heterocycles. The Labute approximate surface area is 155 Å². The van der Waals surface area contributed by atoms with Crippen molar-refractivity contribution in [2.75, 3.05) is 26.2 Å². The summed E-state index contributed by atoms with van der Waals surface area (Å²) in [5, 5.41) is 10.3. The standard InChI is InChI=1S/C16H26F3N5OS/c1-5-20-14(23-9-8-21-13(25)15(2,3)4)22-7-6-12-24-11(10-26-12)16(17,18)19/h10H,5-9H2,1-4H3,(H,21,25)(H2,20,22,23). The van der Waals surface area contributed by atoms with Crippen LogP contribution in [0.4, 0.5) is 13.2 Å². The summed E-state index contributed by atoms with van der Waals surface area (Å²) in [4.78, 5) is 19.7. The Hall–Kier alpha value is -1.84. The molecule has 0 unspecified atom stereocenters. The minimum atomic E-state index is -4.41. The summed E-state index contributed by atoms with van der Waals surface area (Å²) < 4.78 is 37.6. The van der Waals surface area contributed by atoms with Crippen LogP contribution in [0.25, 0.3) is 0 Å². The molecular weight excluding hydrogens is 367 g/mol. The highest BCUT2D eigenvalue weighted by molar-refractivity contribution is 7.09. The quantitative estimate of drug-likeness (QED) is 0.378. The number of rotatable bonds is 7. The average Bonchev–Trinajstić information content (AvgIpc) is 2.99. The van der Waals surface area contributed by atoms with Crippen LogP contribution in [0.3, 0.4) is 0 Å². The van der Waals surface area contributed by atoms with Gasteiger partial charge in [-0.25, -0.2) is 4.98 Å². The summed E-state index contributed by atoms with van der Waals surface area (Å²) in [5.74, 6) is 0.510. The van der Waals surface area contributed by atoms with Gasteiger partial charge >= 0.3 is 6.18 Å². The normalized spacial score (nSPS) is 12.8. The van der Waals surface area contributed by atoms with E-state index in [0.717, 1.165) is 16.7 Å².